The Morgan fingerprint density at radius 3 is 2.04 bits per heavy atom. The van der Waals surface area contributed by atoms with Gasteiger partial charge in [0.25, 0.3) is 0 Å². The summed E-state index contributed by atoms with van der Waals surface area (Å²) in [5.74, 6) is 2.00. The van der Waals surface area contributed by atoms with Gasteiger partial charge in [-0.05, 0) is 74.0 Å². The predicted molar refractivity (Wildman–Crippen MR) is 105 cm³/mol. The van der Waals surface area contributed by atoms with E-state index in [9.17, 15) is 14.4 Å². The number of anilines is 1. The van der Waals surface area contributed by atoms with E-state index in [1.807, 2.05) is 0 Å². The number of hydrogen-bond acceptors (Lipinski definition) is 3. The number of benzene rings is 1. The normalized spacial score (nSPS) is 29.9. The number of urea groups is 1. The standard InChI is InChI=1S/C21H28N4O3/c22-20(28)25-17-3-1-13(2-4-17)11-23-18(26)12-24-19(27)21-8-14-5-15(9-21)7-16(6-14)10-21/h1-4,14-16H,5-12H2,(H,23,26)(H,24,27)(H3,22,25,28). The number of nitrogens with one attached hydrogen (secondary N) is 3. The minimum Gasteiger partial charge on any atom is -0.351 e. The van der Waals surface area contributed by atoms with E-state index >= 15 is 0 Å². The first-order valence-corrected chi connectivity index (χ1v) is 10.1. The molecule has 0 aromatic heterocycles. The minimum atomic E-state index is -0.615. The number of rotatable bonds is 6. The third kappa shape index (κ3) is 3.98. The quantitative estimate of drug-likeness (QED) is 0.602. The molecule has 150 valence electrons. The zero-order valence-electron chi connectivity index (χ0n) is 16.0. The van der Waals surface area contributed by atoms with Crippen molar-refractivity contribution in [2.75, 3.05) is 11.9 Å². The number of carbonyl (C=O) groups excluding carboxylic acids is 3. The van der Waals surface area contributed by atoms with Crippen LogP contribution in [0.4, 0.5) is 10.5 Å². The fraction of sp³-hybridized carbons (Fsp3) is 0.571. The summed E-state index contributed by atoms with van der Waals surface area (Å²) in [6.45, 7) is 0.380. The molecule has 4 fully saturated rings. The maximum atomic E-state index is 12.9. The first kappa shape index (κ1) is 18.8. The first-order valence-electron chi connectivity index (χ1n) is 10.1. The maximum Gasteiger partial charge on any atom is 0.316 e. The van der Waals surface area contributed by atoms with Crippen molar-refractivity contribution < 1.29 is 14.4 Å². The van der Waals surface area contributed by atoms with E-state index in [1.54, 1.807) is 24.3 Å². The molecular weight excluding hydrogens is 356 g/mol. The van der Waals surface area contributed by atoms with E-state index in [1.165, 1.54) is 19.3 Å². The highest BCUT2D eigenvalue weighted by molar-refractivity contribution is 5.88. The molecule has 7 nitrogen and oxygen atoms in total. The lowest BCUT2D eigenvalue weighted by molar-refractivity contribution is -0.147. The highest BCUT2D eigenvalue weighted by atomic mass is 16.2. The zero-order valence-corrected chi connectivity index (χ0v) is 16.0. The van der Waals surface area contributed by atoms with Gasteiger partial charge in [0, 0.05) is 17.6 Å². The van der Waals surface area contributed by atoms with Gasteiger partial charge in [0.2, 0.25) is 11.8 Å². The average molecular weight is 384 g/mol. The molecule has 4 bridgehead atoms. The number of nitrogens with two attached hydrogens (primary N) is 1. The van der Waals surface area contributed by atoms with Crippen molar-refractivity contribution in [3.63, 3.8) is 0 Å². The van der Waals surface area contributed by atoms with Crippen LogP contribution in [-0.4, -0.2) is 24.4 Å². The smallest absolute Gasteiger partial charge is 0.316 e. The molecule has 4 aliphatic rings. The molecule has 7 heteroatoms. The summed E-state index contributed by atoms with van der Waals surface area (Å²) in [4.78, 5) is 35.8. The van der Waals surface area contributed by atoms with Crippen LogP contribution in [0.3, 0.4) is 0 Å². The van der Waals surface area contributed by atoms with Crippen molar-refractivity contribution >= 4 is 23.5 Å². The number of carbonyl (C=O) groups is 3. The van der Waals surface area contributed by atoms with Crippen molar-refractivity contribution in [2.24, 2.45) is 28.9 Å². The summed E-state index contributed by atoms with van der Waals surface area (Å²) < 4.78 is 0. The van der Waals surface area contributed by atoms with Gasteiger partial charge in [0.15, 0.2) is 0 Å². The lowest BCUT2D eigenvalue weighted by Crippen LogP contribution is -2.54. The van der Waals surface area contributed by atoms with E-state index in [-0.39, 0.29) is 23.8 Å². The molecule has 0 saturated heterocycles. The van der Waals surface area contributed by atoms with E-state index in [0.717, 1.165) is 24.8 Å². The molecule has 4 aliphatic carbocycles. The van der Waals surface area contributed by atoms with Crippen molar-refractivity contribution in [1.82, 2.24) is 10.6 Å². The van der Waals surface area contributed by atoms with Crippen LogP contribution in [0.1, 0.15) is 44.1 Å². The summed E-state index contributed by atoms with van der Waals surface area (Å²) in [7, 11) is 0. The minimum absolute atomic E-state index is 0.0158. The zero-order chi connectivity index (χ0) is 19.7. The van der Waals surface area contributed by atoms with Crippen LogP contribution < -0.4 is 21.7 Å². The van der Waals surface area contributed by atoms with E-state index in [0.29, 0.717) is 30.0 Å². The molecule has 0 radical (unpaired) electrons. The Kier molecular flexibility index (Phi) is 5.00. The van der Waals surface area contributed by atoms with Gasteiger partial charge in [-0.25, -0.2) is 4.79 Å². The highest BCUT2D eigenvalue weighted by Gasteiger charge is 2.54. The van der Waals surface area contributed by atoms with Crippen molar-refractivity contribution in [1.29, 1.82) is 0 Å². The maximum absolute atomic E-state index is 12.9. The van der Waals surface area contributed by atoms with Gasteiger partial charge in [-0.2, -0.15) is 0 Å². The summed E-state index contributed by atoms with van der Waals surface area (Å²) in [5.41, 5.74) is 6.35. The molecule has 4 amide bonds. The van der Waals surface area contributed by atoms with Gasteiger partial charge >= 0.3 is 6.03 Å². The first-order chi connectivity index (χ1) is 13.4. The molecule has 5 rings (SSSR count). The van der Waals surface area contributed by atoms with Crippen molar-refractivity contribution in [3.05, 3.63) is 29.8 Å². The summed E-state index contributed by atoms with van der Waals surface area (Å²) in [6, 6.07) is 6.44. The molecule has 5 N–H and O–H groups in total. The van der Waals surface area contributed by atoms with Gasteiger partial charge in [0.05, 0.1) is 6.54 Å². The van der Waals surface area contributed by atoms with Crippen LogP contribution in [-0.2, 0) is 16.1 Å². The Balaban J connectivity index is 1.23. The molecular formula is C21H28N4O3. The van der Waals surface area contributed by atoms with E-state index in [4.69, 9.17) is 5.73 Å². The second-order valence-corrected chi connectivity index (χ2v) is 8.84. The van der Waals surface area contributed by atoms with Gasteiger partial charge in [-0.15, -0.1) is 0 Å². The van der Waals surface area contributed by atoms with E-state index in [2.05, 4.69) is 16.0 Å². The number of amides is 4. The SMILES string of the molecule is NC(=O)Nc1ccc(CNC(=O)CNC(=O)C23CC4CC(CC(C4)C2)C3)cc1. The Morgan fingerprint density at radius 1 is 0.929 bits per heavy atom. The van der Waals surface area contributed by atoms with Crippen molar-refractivity contribution in [2.45, 2.75) is 45.1 Å². The fourth-order valence-corrected chi connectivity index (χ4v) is 5.85. The van der Waals surface area contributed by atoms with Gasteiger partial charge < -0.3 is 21.7 Å². The molecule has 1 aromatic carbocycles. The average Bonchev–Trinajstić information content (AvgIpc) is 2.64. The van der Waals surface area contributed by atoms with E-state index < -0.39 is 6.03 Å². The Hall–Kier alpha value is -2.57. The second kappa shape index (κ2) is 7.45. The van der Waals surface area contributed by atoms with Crippen LogP contribution in [0.2, 0.25) is 0 Å². The molecule has 0 aliphatic heterocycles. The van der Waals surface area contributed by atoms with Crippen LogP contribution >= 0.6 is 0 Å². The Bertz CT molecular complexity index is 739. The number of primary amides is 1. The molecule has 0 atom stereocenters. The summed E-state index contributed by atoms with van der Waals surface area (Å²) >= 11 is 0. The summed E-state index contributed by atoms with van der Waals surface area (Å²) in [5, 5.41) is 8.20. The predicted octanol–water partition coefficient (Wildman–Crippen LogP) is 2.13. The van der Waals surface area contributed by atoms with Gasteiger partial charge in [-0.3, -0.25) is 9.59 Å². The van der Waals surface area contributed by atoms with Gasteiger partial charge in [-0.1, -0.05) is 12.1 Å². The Morgan fingerprint density at radius 2 is 1.50 bits per heavy atom. The van der Waals surface area contributed by atoms with Gasteiger partial charge in [0.1, 0.15) is 0 Å². The fourth-order valence-electron chi connectivity index (χ4n) is 5.85. The second-order valence-electron chi connectivity index (χ2n) is 8.84. The lowest BCUT2D eigenvalue weighted by atomic mass is 9.49. The topological polar surface area (TPSA) is 113 Å². The van der Waals surface area contributed by atoms with Crippen LogP contribution in [0.15, 0.2) is 24.3 Å². The van der Waals surface area contributed by atoms with Crippen molar-refractivity contribution in [3.8, 4) is 0 Å². The molecule has 28 heavy (non-hydrogen) atoms. The number of hydrogen-bond donors (Lipinski definition) is 4. The van der Waals surface area contributed by atoms with Crippen LogP contribution in [0, 0.1) is 23.2 Å². The third-order valence-electron chi connectivity index (χ3n) is 6.64. The third-order valence-corrected chi connectivity index (χ3v) is 6.64. The highest BCUT2D eigenvalue weighted by Crippen LogP contribution is 2.60. The van der Waals surface area contributed by atoms with Crippen LogP contribution in [0.25, 0.3) is 0 Å². The van der Waals surface area contributed by atoms with Crippen LogP contribution in [0.5, 0.6) is 0 Å². The lowest BCUT2D eigenvalue weighted by Gasteiger charge is -2.55. The molecule has 0 spiro atoms. The Labute approximate surface area is 164 Å². The largest absolute Gasteiger partial charge is 0.351 e. The molecule has 0 unspecified atom stereocenters. The monoisotopic (exact) mass is 384 g/mol. The molecule has 0 heterocycles. The summed E-state index contributed by atoms with van der Waals surface area (Å²) in [6.07, 6.45) is 6.87. The molecule has 1 aromatic rings. The molecule has 4 saturated carbocycles.